The van der Waals surface area contributed by atoms with Crippen LogP contribution in [0.25, 0.3) is 22.2 Å². The number of hydrogen-bond acceptors (Lipinski definition) is 5. The van der Waals surface area contributed by atoms with Crippen LogP contribution in [0, 0.1) is 0 Å². The maximum atomic E-state index is 12.9. The van der Waals surface area contributed by atoms with E-state index < -0.39 is 21.1 Å². The van der Waals surface area contributed by atoms with Crippen LogP contribution in [0.3, 0.4) is 0 Å². The molecule has 1 aromatic heterocycles. The van der Waals surface area contributed by atoms with E-state index in [1.165, 1.54) is 19.1 Å². The standard InChI is InChI=1S/C17H14ClNO5S/c1-2-13(17(20)21)25(22,23)14-5-3-4-12-15(14)16(19-24-12)10-6-8-11(18)9-7-10/h3-9,13H,2H2,1H3,(H,20,21). The highest BCUT2D eigenvalue weighted by atomic mass is 35.5. The number of hydrogen-bond donors (Lipinski definition) is 1. The Morgan fingerprint density at radius 3 is 2.52 bits per heavy atom. The number of rotatable bonds is 5. The average molecular weight is 380 g/mol. The van der Waals surface area contributed by atoms with Crippen LogP contribution in [0.15, 0.2) is 51.9 Å². The molecule has 0 bridgehead atoms. The third-order valence-electron chi connectivity index (χ3n) is 3.91. The average Bonchev–Trinajstić information content (AvgIpc) is 2.99. The predicted octanol–water partition coefficient (Wildman–Crippen LogP) is 3.79. The van der Waals surface area contributed by atoms with Crippen LogP contribution in [0.2, 0.25) is 5.02 Å². The number of halogens is 1. The van der Waals surface area contributed by atoms with Crippen LogP contribution in [0.4, 0.5) is 0 Å². The van der Waals surface area contributed by atoms with Crippen molar-refractivity contribution in [2.75, 3.05) is 0 Å². The molecule has 0 aliphatic rings. The molecule has 0 aliphatic carbocycles. The Hall–Kier alpha value is -2.38. The fourth-order valence-corrected chi connectivity index (χ4v) is 4.57. The van der Waals surface area contributed by atoms with Crippen LogP contribution >= 0.6 is 11.6 Å². The summed E-state index contributed by atoms with van der Waals surface area (Å²) in [7, 11) is -4.11. The monoisotopic (exact) mass is 379 g/mol. The second kappa shape index (κ2) is 6.50. The normalized spacial score (nSPS) is 13.0. The number of benzene rings is 2. The molecule has 25 heavy (non-hydrogen) atoms. The first kappa shape index (κ1) is 17.4. The molecular formula is C17H14ClNO5S. The van der Waals surface area contributed by atoms with Gasteiger partial charge in [-0.05, 0) is 30.7 Å². The highest BCUT2D eigenvalue weighted by molar-refractivity contribution is 7.93. The Bertz CT molecular complexity index is 1040. The van der Waals surface area contributed by atoms with Crippen molar-refractivity contribution in [2.45, 2.75) is 23.5 Å². The molecule has 130 valence electrons. The van der Waals surface area contributed by atoms with Crippen LogP contribution in [0.5, 0.6) is 0 Å². The van der Waals surface area contributed by atoms with Crippen molar-refractivity contribution < 1.29 is 22.8 Å². The second-order valence-electron chi connectivity index (χ2n) is 5.45. The lowest BCUT2D eigenvalue weighted by Crippen LogP contribution is -2.29. The lowest BCUT2D eigenvalue weighted by molar-refractivity contribution is -0.136. The van der Waals surface area contributed by atoms with Gasteiger partial charge in [-0.3, -0.25) is 4.79 Å². The quantitative estimate of drug-likeness (QED) is 0.724. The number of carboxylic acid groups (broad SMARTS) is 1. The largest absolute Gasteiger partial charge is 0.480 e. The summed E-state index contributed by atoms with van der Waals surface area (Å²) >= 11 is 5.89. The first-order valence-corrected chi connectivity index (χ1v) is 9.39. The molecule has 1 N–H and O–H groups in total. The minimum atomic E-state index is -4.11. The molecule has 0 saturated carbocycles. The number of aliphatic carboxylic acids is 1. The van der Waals surface area contributed by atoms with Crippen molar-refractivity contribution >= 4 is 38.4 Å². The Labute approximate surface area is 148 Å². The fourth-order valence-electron chi connectivity index (χ4n) is 2.68. The van der Waals surface area contributed by atoms with Crippen molar-refractivity contribution in [1.29, 1.82) is 0 Å². The first-order valence-electron chi connectivity index (χ1n) is 7.47. The summed E-state index contributed by atoms with van der Waals surface area (Å²) in [5, 5.41) is 12.5. The van der Waals surface area contributed by atoms with E-state index in [2.05, 4.69) is 5.16 Å². The maximum absolute atomic E-state index is 12.9. The summed E-state index contributed by atoms with van der Waals surface area (Å²) in [5.41, 5.74) is 1.21. The molecule has 2 aromatic carbocycles. The van der Waals surface area contributed by atoms with E-state index in [0.29, 0.717) is 16.3 Å². The number of carboxylic acids is 1. The molecule has 0 fully saturated rings. The molecule has 3 aromatic rings. The molecule has 0 radical (unpaired) electrons. The van der Waals surface area contributed by atoms with Crippen molar-refractivity contribution in [3.63, 3.8) is 0 Å². The molecule has 8 heteroatoms. The molecule has 0 spiro atoms. The molecule has 6 nitrogen and oxygen atoms in total. The second-order valence-corrected chi connectivity index (χ2v) is 7.98. The highest BCUT2D eigenvalue weighted by Gasteiger charge is 2.35. The smallest absolute Gasteiger partial charge is 0.322 e. The number of aromatic nitrogens is 1. The molecule has 1 atom stereocenters. The van der Waals surface area contributed by atoms with Gasteiger partial charge in [-0.15, -0.1) is 0 Å². The Morgan fingerprint density at radius 1 is 1.24 bits per heavy atom. The van der Waals surface area contributed by atoms with Gasteiger partial charge in [-0.25, -0.2) is 8.42 Å². The van der Waals surface area contributed by atoms with Crippen molar-refractivity contribution in [1.82, 2.24) is 5.16 Å². The van der Waals surface area contributed by atoms with Crippen LogP contribution in [-0.4, -0.2) is 29.9 Å². The zero-order valence-corrected chi connectivity index (χ0v) is 14.7. The molecule has 0 aliphatic heterocycles. The third kappa shape index (κ3) is 3.01. The predicted molar refractivity (Wildman–Crippen MR) is 93.4 cm³/mol. The summed E-state index contributed by atoms with van der Waals surface area (Å²) in [6.07, 6.45) is -0.0460. The van der Waals surface area contributed by atoms with Gasteiger partial charge >= 0.3 is 5.97 Å². The minimum Gasteiger partial charge on any atom is -0.480 e. The topological polar surface area (TPSA) is 97.5 Å². The van der Waals surface area contributed by atoms with Gasteiger partial charge in [0.2, 0.25) is 0 Å². The number of sulfone groups is 1. The van der Waals surface area contributed by atoms with E-state index >= 15 is 0 Å². The van der Waals surface area contributed by atoms with Crippen molar-refractivity contribution in [3.8, 4) is 11.3 Å². The number of nitrogens with zero attached hydrogens (tertiary/aromatic N) is 1. The summed E-state index contributed by atoms with van der Waals surface area (Å²) < 4.78 is 31.0. The van der Waals surface area contributed by atoms with E-state index in [-0.39, 0.29) is 22.3 Å². The van der Waals surface area contributed by atoms with Crippen LogP contribution in [0.1, 0.15) is 13.3 Å². The van der Waals surface area contributed by atoms with Gasteiger partial charge in [0.1, 0.15) is 5.69 Å². The molecule has 3 rings (SSSR count). The van der Waals surface area contributed by atoms with Crippen LogP contribution in [-0.2, 0) is 14.6 Å². The maximum Gasteiger partial charge on any atom is 0.322 e. The minimum absolute atomic E-state index is 0.0460. The zero-order valence-electron chi connectivity index (χ0n) is 13.1. The lowest BCUT2D eigenvalue weighted by Gasteiger charge is -2.12. The van der Waals surface area contributed by atoms with Gasteiger partial charge in [-0.2, -0.15) is 0 Å². The van der Waals surface area contributed by atoms with Gasteiger partial charge in [0.25, 0.3) is 0 Å². The summed E-state index contributed by atoms with van der Waals surface area (Å²) in [6.45, 7) is 1.52. The number of carbonyl (C=O) groups is 1. The fraction of sp³-hybridized carbons (Fsp3) is 0.176. The third-order valence-corrected chi connectivity index (χ3v) is 6.39. The Balaban J connectivity index is 2.28. The van der Waals surface area contributed by atoms with Gasteiger partial charge in [-0.1, -0.05) is 41.9 Å². The molecule has 1 unspecified atom stereocenters. The van der Waals surface area contributed by atoms with Gasteiger partial charge in [0, 0.05) is 10.6 Å². The van der Waals surface area contributed by atoms with E-state index in [0.717, 1.165) is 0 Å². The Morgan fingerprint density at radius 2 is 1.92 bits per heavy atom. The molecule has 0 amide bonds. The van der Waals surface area contributed by atoms with Gasteiger partial charge in [0.15, 0.2) is 20.7 Å². The van der Waals surface area contributed by atoms with Crippen molar-refractivity contribution in [2.24, 2.45) is 0 Å². The van der Waals surface area contributed by atoms with E-state index in [9.17, 15) is 18.3 Å². The number of fused-ring (bicyclic) bond motifs is 1. The SMILES string of the molecule is CCC(C(=O)O)S(=O)(=O)c1cccc2onc(-c3ccc(Cl)cc3)c12. The van der Waals surface area contributed by atoms with E-state index in [1.54, 1.807) is 30.3 Å². The Kier molecular flexibility index (Phi) is 4.53. The summed E-state index contributed by atoms with van der Waals surface area (Å²) in [6, 6.07) is 11.2. The highest BCUT2D eigenvalue weighted by Crippen LogP contribution is 2.35. The molecular weight excluding hydrogens is 366 g/mol. The molecule has 0 saturated heterocycles. The molecule has 1 heterocycles. The summed E-state index contributed by atoms with van der Waals surface area (Å²) in [4.78, 5) is 11.3. The van der Waals surface area contributed by atoms with Crippen molar-refractivity contribution in [3.05, 3.63) is 47.5 Å². The van der Waals surface area contributed by atoms with E-state index in [1.807, 2.05) is 0 Å². The first-order chi connectivity index (χ1) is 11.9. The van der Waals surface area contributed by atoms with Crippen LogP contribution < -0.4 is 0 Å². The lowest BCUT2D eigenvalue weighted by atomic mass is 10.1. The summed E-state index contributed by atoms with van der Waals surface area (Å²) in [5.74, 6) is -1.39. The van der Waals surface area contributed by atoms with Gasteiger partial charge < -0.3 is 9.63 Å². The van der Waals surface area contributed by atoms with Gasteiger partial charge in [0.05, 0.1) is 10.3 Å². The zero-order chi connectivity index (χ0) is 18.2. The van der Waals surface area contributed by atoms with E-state index in [4.69, 9.17) is 16.1 Å².